The molecule has 5 aromatic rings. The van der Waals surface area contributed by atoms with Crippen LogP contribution in [0.1, 0.15) is 11.1 Å². The summed E-state index contributed by atoms with van der Waals surface area (Å²) in [5.41, 5.74) is 2.63. The number of halogens is 2. The van der Waals surface area contributed by atoms with Crippen molar-refractivity contribution in [3.63, 3.8) is 0 Å². The molecule has 0 nitrogen and oxygen atoms in total. The lowest BCUT2D eigenvalue weighted by Gasteiger charge is -2.19. The van der Waals surface area contributed by atoms with Crippen LogP contribution in [-0.4, -0.2) is 0 Å². The fourth-order valence-electron chi connectivity index (χ4n) is 4.18. The van der Waals surface area contributed by atoms with E-state index >= 15 is 0 Å². The lowest BCUT2D eigenvalue weighted by molar-refractivity contribution is 1.52. The van der Waals surface area contributed by atoms with Crippen molar-refractivity contribution in [3.05, 3.63) is 68.6 Å². The first kappa shape index (κ1) is 14.7. The summed E-state index contributed by atoms with van der Waals surface area (Å²) in [5.74, 6) is 0. The second-order valence-corrected chi connectivity index (χ2v) is 8.27. The van der Waals surface area contributed by atoms with Crippen LogP contribution < -0.4 is 0 Å². The Hall–Kier alpha value is -1.64. The number of hydrogen-bond donors (Lipinski definition) is 0. The number of fused-ring (bicyclic) bond motifs is 3. The van der Waals surface area contributed by atoms with Gasteiger partial charge in [0.15, 0.2) is 0 Å². The summed E-state index contributed by atoms with van der Waals surface area (Å²) in [6.45, 7) is 4.41. The van der Waals surface area contributed by atoms with Crippen molar-refractivity contribution in [2.75, 3.05) is 0 Å². The molecule has 116 valence electrons. The maximum Gasteiger partial charge on any atom is 0.0263 e. The van der Waals surface area contributed by atoms with Gasteiger partial charge in [0.25, 0.3) is 0 Å². The summed E-state index contributed by atoms with van der Waals surface area (Å²) >= 11 is 7.62. The van der Waals surface area contributed by atoms with Gasteiger partial charge < -0.3 is 0 Å². The minimum Gasteiger partial charge on any atom is -0.0616 e. The second-order valence-electron chi connectivity index (χ2n) is 6.56. The van der Waals surface area contributed by atoms with E-state index in [1.165, 1.54) is 63.2 Å². The zero-order valence-electron chi connectivity index (χ0n) is 13.4. The van der Waals surface area contributed by atoms with Crippen LogP contribution >= 0.6 is 31.9 Å². The SMILES string of the molecule is Cc1cc(Br)c2c3ccccc3c3c(C)cc(Br)c4ccc1c2c43. The summed E-state index contributed by atoms with van der Waals surface area (Å²) in [5, 5.41) is 10.7. The molecule has 0 atom stereocenters. The molecule has 0 saturated carbocycles. The Labute approximate surface area is 157 Å². The molecule has 0 aliphatic carbocycles. The van der Waals surface area contributed by atoms with Crippen molar-refractivity contribution in [1.82, 2.24) is 0 Å². The molecule has 0 N–H and O–H groups in total. The van der Waals surface area contributed by atoms with Crippen LogP contribution in [-0.2, 0) is 0 Å². The van der Waals surface area contributed by atoms with E-state index in [0.29, 0.717) is 0 Å². The van der Waals surface area contributed by atoms with Crippen LogP contribution in [0.2, 0.25) is 0 Å². The Balaban J connectivity index is 2.34. The molecule has 0 aliphatic heterocycles. The third kappa shape index (κ3) is 1.73. The summed E-state index contributed by atoms with van der Waals surface area (Å²) in [7, 11) is 0. The average molecular weight is 438 g/mol. The third-order valence-corrected chi connectivity index (χ3v) is 6.45. The first-order chi connectivity index (χ1) is 11.6. The Kier molecular flexibility index (Phi) is 3.02. The van der Waals surface area contributed by atoms with Crippen LogP contribution in [0.3, 0.4) is 0 Å². The van der Waals surface area contributed by atoms with Crippen LogP contribution in [0, 0.1) is 13.8 Å². The lowest BCUT2D eigenvalue weighted by Crippen LogP contribution is -1.92. The molecule has 24 heavy (non-hydrogen) atoms. The smallest absolute Gasteiger partial charge is 0.0263 e. The van der Waals surface area contributed by atoms with Gasteiger partial charge in [-0.05, 0) is 74.8 Å². The zero-order valence-corrected chi connectivity index (χ0v) is 16.5. The highest BCUT2D eigenvalue weighted by Gasteiger charge is 2.18. The van der Waals surface area contributed by atoms with Crippen LogP contribution in [0.25, 0.3) is 43.1 Å². The zero-order chi connectivity index (χ0) is 16.6. The van der Waals surface area contributed by atoms with Crippen molar-refractivity contribution in [2.45, 2.75) is 13.8 Å². The minimum absolute atomic E-state index is 1.17. The quantitative estimate of drug-likeness (QED) is 0.171. The fourth-order valence-corrected chi connectivity index (χ4v) is 5.60. The summed E-state index contributed by atoms with van der Waals surface area (Å²) in [6.07, 6.45) is 0. The highest BCUT2D eigenvalue weighted by molar-refractivity contribution is 9.11. The predicted octanol–water partition coefficient (Wildman–Crippen LogP) is 7.88. The molecule has 0 saturated heterocycles. The number of benzene rings is 5. The van der Waals surface area contributed by atoms with E-state index in [2.05, 4.69) is 94.2 Å². The molecule has 0 radical (unpaired) electrons. The van der Waals surface area contributed by atoms with Gasteiger partial charge in [0.1, 0.15) is 0 Å². The Morgan fingerprint density at radius 2 is 1.12 bits per heavy atom. The molecular weight excluding hydrogens is 424 g/mol. The third-order valence-electron chi connectivity index (χ3n) is 5.17. The minimum atomic E-state index is 1.17. The molecule has 2 heteroatoms. The van der Waals surface area contributed by atoms with Crippen LogP contribution in [0.15, 0.2) is 57.5 Å². The Bertz CT molecular complexity index is 1180. The lowest BCUT2D eigenvalue weighted by atomic mass is 9.86. The van der Waals surface area contributed by atoms with Gasteiger partial charge in [-0.15, -0.1) is 0 Å². The Morgan fingerprint density at radius 3 is 1.88 bits per heavy atom. The highest BCUT2D eigenvalue weighted by atomic mass is 79.9. The van der Waals surface area contributed by atoms with Gasteiger partial charge in [0.05, 0.1) is 0 Å². The van der Waals surface area contributed by atoms with E-state index in [0.717, 1.165) is 0 Å². The molecule has 0 bridgehead atoms. The molecule has 5 aromatic carbocycles. The molecular formula is C22H14Br2. The fraction of sp³-hybridized carbons (Fsp3) is 0.0909. The molecule has 5 rings (SSSR count). The van der Waals surface area contributed by atoms with Gasteiger partial charge in [-0.25, -0.2) is 0 Å². The number of aryl methyl sites for hydroxylation is 2. The topological polar surface area (TPSA) is 0 Å². The summed E-state index contributed by atoms with van der Waals surface area (Å²) < 4.78 is 2.35. The maximum atomic E-state index is 3.84. The van der Waals surface area contributed by atoms with Gasteiger partial charge in [0.2, 0.25) is 0 Å². The van der Waals surface area contributed by atoms with Gasteiger partial charge in [-0.1, -0.05) is 68.3 Å². The van der Waals surface area contributed by atoms with Crippen molar-refractivity contribution < 1.29 is 0 Å². The van der Waals surface area contributed by atoms with Crippen LogP contribution in [0.4, 0.5) is 0 Å². The van der Waals surface area contributed by atoms with E-state index in [-0.39, 0.29) is 0 Å². The Morgan fingerprint density at radius 1 is 0.542 bits per heavy atom. The van der Waals surface area contributed by atoms with Gasteiger partial charge in [-0.2, -0.15) is 0 Å². The normalized spacial score (nSPS) is 12.2. The molecule has 0 heterocycles. The highest BCUT2D eigenvalue weighted by Crippen LogP contribution is 2.46. The predicted molar refractivity (Wildman–Crippen MR) is 113 cm³/mol. The van der Waals surface area contributed by atoms with Crippen molar-refractivity contribution in [3.8, 4) is 0 Å². The van der Waals surface area contributed by atoms with E-state index in [1.54, 1.807) is 0 Å². The molecule has 0 aromatic heterocycles. The molecule has 0 unspecified atom stereocenters. The summed E-state index contributed by atoms with van der Waals surface area (Å²) in [6, 6.07) is 17.8. The van der Waals surface area contributed by atoms with E-state index in [1.807, 2.05) is 0 Å². The van der Waals surface area contributed by atoms with Gasteiger partial charge >= 0.3 is 0 Å². The van der Waals surface area contributed by atoms with Gasteiger partial charge in [-0.3, -0.25) is 0 Å². The second kappa shape index (κ2) is 4.93. The maximum absolute atomic E-state index is 3.84. The molecule has 0 amide bonds. The van der Waals surface area contributed by atoms with Crippen LogP contribution in [0.5, 0.6) is 0 Å². The molecule has 0 fully saturated rings. The van der Waals surface area contributed by atoms with Gasteiger partial charge in [0, 0.05) is 14.3 Å². The first-order valence-corrected chi connectivity index (χ1v) is 9.61. The van der Waals surface area contributed by atoms with Crippen molar-refractivity contribution in [1.29, 1.82) is 0 Å². The molecule has 0 spiro atoms. The average Bonchev–Trinajstić information content (AvgIpc) is 2.56. The molecule has 0 aliphatic rings. The number of rotatable bonds is 0. The van der Waals surface area contributed by atoms with Crippen molar-refractivity contribution >= 4 is 74.9 Å². The van der Waals surface area contributed by atoms with E-state index < -0.39 is 0 Å². The largest absolute Gasteiger partial charge is 0.0616 e. The van der Waals surface area contributed by atoms with E-state index in [4.69, 9.17) is 0 Å². The summed E-state index contributed by atoms with van der Waals surface area (Å²) in [4.78, 5) is 0. The van der Waals surface area contributed by atoms with Crippen molar-refractivity contribution in [2.24, 2.45) is 0 Å². The number of hydrogen-bond acceptors (Lipinski definition) is 0. The first-order valence-electron chi connectivity index (χ1n) is 8.02. The van der Waals surface area contributed by atoms with E-state index in [9.17, 15) is 0 Å². The monoisotopic (exact) mass is 436 g/mol. The standard InChI is InChI=1S/C22H14Br2/c1-11-9-18(24)20-15-6-4-3-5-14(15)19-12(2)10-17(23)16-8-7-13(11)21(20)22(16)19/h3-10H,1-2H3.